The normalized spacial score (nSPS) is 12.2. The summed E-state index contributed by atoms with van der Waals surface area (Å²) in [5.41, 5.74) is 0. The van der Waals surface area contributed by atoms with Gasteiger partial charge in [0, 0.05) is 20.2 Å². The number of rotatable bonds is 5. The van der Waals surface area contributed by atoms with E-state index in [0.29, 0.717) is 6.54 Å². The van der Waals surface area contributed by atoms with E-state index in [0.717, 1.165) is 0 Å². The van der Waals surface area contributed by atoms with Crippen molar-refractivity contribution in [2.45, 2.75) is 13.0 Å². The second kappa shape index (κ2) is 6.87. The monoisotopic (exact) mass is 176 g/mol. The van der Waals surface area contributed by atoms with Crippen molar-refractivity contribution in [3.05, 3.63) is 0 Å². The second-order valence-corrected chi connectivity index (χ2v) is 2.35. The first-order chi connectivity index (χ1) is 5.70. The Morgan fingerprint density at radius 2 is 2.25 bits per heavy atom. The average Bonchev–Trinajstić information content (AvgIpc) is 2.02. The molecule has 0 fully saturated rings. The molecule has 12 heavy (non-hydrogen) atoms. The van der Waals surface area contributed by atoms with Crippen molar-refractivity contribution in [1.82, 2.24) is 10.6 Å². The van der Waals surface area contributed by atoms with Gasteiger partial charge in [0.1, 0.15) is 0 Å². The number of aliphatic hydroxyl groups is 1. The molecule has 5 nitrogen and oxygen atoms in total. The van der Waals surface area contributed by atoms with Gasteiger partial charge in [-0.1, -0.05) is 0 Å². The van der Waals surface area contributed by atoms with Crippen LogP contribution in [0.3, 0.4) is 0 Å². The molecule has 0 rings (SSSR count). The molecule has 0 heterocycles. The van der Waals surface area contributed by atoms with Gasteiger partial charge in [0.25, 0.3) is 0 Å². The molecule has 2 amide bonds. The van der Waals surface area contributed by atoms with Gasteiger partial charge in [-0.25, -0.2) is 4.79 Å². The molecule has 0 saturated heterocycles. The molecule has 0 bridgehead atoms. The molecular weight excluding hydrogens is 160 g/mol. The molecule has 0 spiro atoms. The number of ether oxygens (including phenoxy) is 1. The van der Waals surface area contributed by atoms with Crippen molar-refractivity contribution in [2.75, 3.05) is 26.8 Å². The minimum atomic E-state index is -0.641. The maximum absolute atomic E-state index is 10.8. The molecule has 0 aliphatic rings. The Morgan fingerprint density at radius 1 is 1.58 bits per heavy atom. The van der Waals surface area contributed by atoms with Crippen LogP contribution in [0.5, 0.6) is 0 Å². The lowest BCUT2D eigenvalue weighted by molar-refractivity contribution is 0.0660. The number of methoxy groups -OCH3 is 1. The largest absolute Gasteiger partial charge is 0.389 e. The number of hydrogen-bond donors (Lipinski definition) is 3. The lowest BCUT2D eigenvalue weighted by Crippen LogP contribution is -2.40. The van der Waals surface area contributed by atoms with Gasteiger partial charge in [0.05, 0.1) is 12.7 Å². The van der Waals surface area contributed by atoms with Crippen LogP contribution >= 0.6 is 0 Å². The molecule has 5 heteroatoms. The van der Waals surface area contributed by atoms with Gasteiger partial charge < -0.3 is 20.5 Å². The quantitative estimate of drug-likeness (QED) is 0.519. The Bertz CT molecular complexity index is 130. The number of hydrogen-bond acceptors (Lipinski definition) is 3. The number of aliphatic hydroxyl groups excluding tert-OH is 1. The highest BCUT2D eigenvalue weighted by atomic mass is 16.5. The fourth-order valence-corrected chi connectivity index (χ4v) is 0.685. The molecule has 0 aromatic carbocycles. The third kappa shape index (κ3) is 5.94. The first kappa shape index (κ1) is 11.2. The molecule has 0 aromatic rings. The fraction of sp³-hybridized carbons (Fsp3) is 0.857. The van der Waals surface area contributed by atoms with Crippen molar-refractivity contribution >= 4 is 6.03 Å². The number of amides is 2. The van der Waals surface area contributed by atoms with Crippen molar-refractivity contribution in [2.24, 2.45) is 0 Å². The van der Waals surface area contributed by atoms with Gasteiger partial charge in [-0.3, -0.25) is 0 Å². The lowest BCUT2D eigenvalue weighted by atomic mass is 10.4. The summed E-state index contributed by atoms with van der Waals surface area (Å²) < 4.78 is 4.67. The van der Waals surface area contributed by atoms with E-state index in [1.165, 1.54) is 7.11 Å². The number of nitrogens with one attached hydrogen (secondary N) is 2. The van der Waals surface area contributed by atoms with E-state index >= 15 is 0 Å². The van der Waals surface area contributed by atoms with Crippen LogP contribution in [0, 0.1) is 0 Å². The van der Waals surface area contributed by atoms with Crippen LogP contribution in [-0.2, 0) is 4.74 Å². The smallest absolute Gasteiger partial charge is 0.314 e. The van der Waals surface area contributed by atoms with Crippen LogP contribution in [0.1, 0.15) is 6.92 Å². The zero-order valence-electron chi connectivity index (χ0n) is 7.46. The Hall–Kier alpha value is -0.810. The van der Waals surface area contributed by atoms with Crippen molar-refractivity contribution in [1.29, 1.82) is 0 Å². The Kier molecular flexibility index (Phi) is 6.41. The van der Waals surface area contributed by atoms with Crippen LogP contribution in [0.15, 0.2) is 0 Å². The molecule has 0 saturated carbocycles. The number of carbonyl (C=O) groups is 1. The summed E-state index contributed by atoms with van der Waals surface area (Å²) in [6.45, 7) is 2.84. The third-order valence-corrected chi connectivity index (χ3v) is 1.19. The summed E-state index contributed by atoms with van der Waals surface area (Å²) >= 11 is 0. The van der Waals surface area contributed by atoms with Gasteiger partial charge in [-0.2, -0.15) is 0 Å². The summed E-state index contributed by atoms with van der Waals surface area (Å²) in [5, 5.41) is 14.1. The number of carbonyl (C=O) groups excluding carboxylic acids is 1. The minimum Gasteiger partial charge on any atom is -0.389 e. The molecule has 0 aliphatic carbocycles. The van der Waals surface area contributed by atoms with E-state index in [2.05, 4.69) is 15.4 Å². The molecular formula is C7H16N2O3. The number of urea groups is 1. The van der Waals surface area contributed by atoms with Crippen LogP contribution in [0.4, 0.5) is 4.79 Å². The van der Waals surface area contributed by atoms with E-state index < -0.39 is 6.10 Å². The molecule has 1 unspecified atom stereocenters. The first-order valence-corrected chi connectivity index (χ1v) is 3.89. The maximum Gasteiger partial charge on any atom is 0.314 e. The van der Waals surface area contributed by atoms with Crippen LogP contribution in [0.25, 0.3) is 0 Å². The summed E-state index contributed by atoms with van der Waals surface area (Å²) in [6, 6.07) is -0.271. The second-order valence-electron chi connectivity index (χ2n) is 2.35. The fourth-order valence-electron chi connectivity index (χ4n) is 0.685. The van der Waals surface area contributed by atoms with Gasteiger partial charge in [0.2, 0.25) is 0 Å². The van der Waals surface area contributed by atoms with Gasteiger partial charge in [-0.15, -0.1) is 0 Å². The van der Waals surface area contributed by atoms with Crippen molar-refractivity contribution in [3.63, 3.8) is 0 Å². The predicted molar refractivity (Wildman–Crippen MR) is 45.0 cm³/mol. The van der Waals surface area contributed by atoms with E-state index in [4.69, 9.17) is 5.11 Å². The van der Waals surface area contributed by atoms with Crippen LogP contribution in [0.2, 0.25) is 0 Å². The van der Waals surface area contributed by atoms with E-state index in [1.807, 2.05) is 6.92 Å². The zero-order chi connectivity index (χ0) is 9.40. The van der Waals surface area contributed by atoms with Crippen LogP contribution in [-0.4, -0.2) is 44.0 Å². The molecule has 3 N–H and O–H groups in total. The summed E-state index contributed by atoms with van der Waals surface area (Å²) in [5.74, 6) is 0. The summed E-state index contributed by atoms with van der Waals surface area (Å²) in [6.07, 6.45) is -0.641. The topological polar surface area (TPSA) is 70.6 Å². The lowest BCUT2D eigenvalue weighted by Gasteiger charge is -2.10. The van der Waals surface area contributed by atoms with E-state index in [9.17, 15) is 4.79 Å². The molecule has 0 radical (unpaired) electrons. The van der Waals surface area contributed by atoms with Crippen molar-refractivity contribution < 1.29 is 14.6 Å². The van der Waals surface area contributed by atoms with E-state index in [1.54, 1.807) is 0 Å². The third-order valence-electron chi connectivity index (χ3n) is 1.19. The molecule has 72 valence electrons. The molecule has 1 atom stereocenters. The Morgan fingerprint density at radius 3 is 2.75 bits per heavy atom. The van der Waals surface area contributed by atoms with Gasteiger partial charge in [0.15, 0.2) is 0 Å². The molecule has 0 aliphatic heterocycles. The zero-order valence-corrected chi connectivity index (χ0v) is 7.46. The molecule has 0 aromatic heterocycles. The Balaban J connectivity index is 3.33. The summed E-state index contributed by atoms with van der Waals surface area (Å²) in [7, 11) is 1.50. The van der Waals surface area contributed by atoms with Gasteiger partial charge >= 0.3 is 6.03 Å². The summed E-state index contributed by atoms with van der Waals surface area (Å²) in [4.78, 5) is 10.8. The SMILES string of the molecule is CCNC(=O)NCC(O)COC. The van der Waals surface area contributed by atoms with Gasteiger partial charge in [-0.05, 0) is 6.92 Å². The Labute approximate surface area is 72.1 Å². The average molecular weight is 176 g/mol. The maximum atomic E-state index is 10.8. The first-order valence-electron chi connectivity index (χ1n) is 3.89. The highest BCUT2D eigenvalue weighted by Gasteiger charge is 2.04. The van der Waals surface area contributed by atoms with Crippen LogP contribution < -0.4 is 10.6 Å². The highest BCUT2D eigenvalue weighted by Crippen LogP contribution is 1.80. The highest BCUT2D eigenvalue weighted by molar-refractivity contribution is 5.73. The van der Waals surface area contributed by atoms with Crippen molar-refractivity contribution in [3.8, 4) is 0 Å². The minimum absolute atomic E-state index is 0.208. The predicted octanol–water partition coefficient (Wildman–Crippen LogP) is -0.687. The van der Waals surface area contributed by atoms with E-state index in [-0.39, 0.29) is 19.2 Å². The standard InChI is InChI=1S/C7H16N2O3/c1-3-8-7(11)9-4-6(10)5-12-2/h6,10H,3-5H2,1-2H3,(H2,8,9,11).